The summed E-state index contributed by atoms with van der Waals surface area (Å²) in [5.74, 6) is 0.867. The molecule has 0 spiro atoms. The summed E-state index contributed by atoms with van der Waals surface area (Å²) in [5, 5.41) is 7.64. The van der Waals surface area contributed by atoms with Gasteiger partial charge in [-0.3, -0.25) is 10.00 Å². The van der Waals surface area contributed by atoms with Crippen LogP contribution in [0.15, 0.2) is 29.0 Å². The van der Waals surface area contributed by atoms with Crippen LogP contribution in [0.1, 0.15) is 29.8 Å². The molecular weight excluding hydrogens is 344 g/mol. The third-order valence-corrected chi connectivity index (χ3v) is 6.53. The summed E-state index contributed by atoms with van der Waals surface area (Å²) in [7, 11) is 0. The first-order valence-electron chi connectivity index (χ1n) is 7.77. The highest BCUT2D eigenvalue weighted by molar-refractivity contribution is 7.71. The fourth-order valence-electron chi connectivity index (χ4n) is 3.25. The van der Waals surface area contributed by atoms with Crippen LogP contribution in [-0.4, -0.2) is 26.2 Å². The Morgan fingerprint density at radius 2 is 2.26 bits per heavy atom. The zero-order valence-electron chi connectivity index (χ0n) is 12.9. The second-order valence-electron chi connectivity index (χ2n) is 5.69. The van der Waals surface area contributed by atoms with Gasteiger partial charge in [-0.1, -0.05) is 13.0 Å². The molecule has 7 heteroatoms. The Labute approximate surface area is 148 Å². The molecule has 1 atom stereocenters. The Balaban J connectivity index is 1.60. The summed E-state index contributed by atoms with van der Waals surface area (Å²) < 4.78 is 2.61. The van der Waals surface area contributed by atoms with E-state index in [4.69, 9.17) is 12.2 Å². The molecule has 0 fully saturated rings. The zero-order chi connectivity index (χ0) is 15.8. The molecule has 1 N–H and O–H groups in total. The first-order chi connectivity index (χ1) is 11.3. The van der Waals surface area contributed by atoms with Crippen molar-refractivity contribution >= 4 is 34.9 Å². The molecule has 0 unspecified atom stereocenters. The summed E-state index contributed by atoms with van der Waals surface area (Å²) in [4.78, 5) is 9.68. The molecule has 120 valence electrons. The SMILES string of the molecule is CC[C@@H]1c2ccsc2CCN1Cn1[nH]c(-c2cccs2)nc1=S. The molecule has 0 bridgehead atoms. The third kappa shape index (κ3) is 2.82. The second-order valence-corrected chi connectivity index (χ2v) is 8.00. The summed E-state index contributed by atoms with van der Waals surface area (Å²) in [6, 6.07) is 6.85. The highest BCUT2D eigenvalue weighted by Gasteiger charge is 2.27. The van der Waals surface area contributed by atoms with Gasteiger partial charge in [-0.25, -0.2) is 4.68 Å². The van der Waals surface area contributed by atoms with E-state index in [2.05, 4.69) is 44.8 Å². The predicted molar refractivity (Wildman–Crippen MR) is 98.5 cm³/mol. The monoisotopic (exact) mass is 362 g/mol. The molecule has 23 heavy (non-hydrogen) atoms. The van der Waals surface area contributed by atoms with Crippen molar-refractivity contribution in [1.82, 2.24) is 19.7 Å². The van der Waals surface area contributed by atoms with Gasteiger partial charge in [0.2, 0.25) is 4.77 Å². The van der Waals surface area contributed by atoms with Crippen molar-refractivity contribution in [3.05, 3.63) is 44.2 Å². The normalized spacial score (nSPS) is 18.2. The molecule has 4 nitrogen and oxygen atoms in total. The van der Waals surface area contributed by atoms with Crippen molar-refractivity contribution in [2.24, 2.45) is 0 Å². The Kier molecular flexibility index (Phi) is 4.19. The van der Waals surface area contributed by atoms with Crippen LogP contribution in [0.4, 0.5) is 0 Å². The van der Waals surface area contributed by atoms with E-state index in [9.17, 15) is 0 Å². The Morgan fingerprint density at radius 1 is 1.35 bits per heavy atom. The van der Waals surface area contributed by atoms with Crippen molar-refractivity contribution in [2.75, 3.05) is 6.54 Å². The maximum absolute atomic E-state index is 5.45. The van der Waals surface area contributed by atoms with Crippen LogP contribution in [0, 0.1) is 4.77 Å². The van der Waals surface area contributed by atoms with Gasteiger partial charge in [0, 0.05) is 17.5 Å². The van der Waals surface area contributed by atoms with E-state index >= 15 is 0 Å². The van der Waals surface area contributed by atoms with Gasteiger partial charge in [0.05, 0.1) is 11.5 Å². The largest absolute Gasteiger partial charge is 0.277 e. The number of H-pyrrole nitrogens is 1. The van der Waals surface area contributed by atoms with E-state index in [-0.39, 0.29) is 0 Å². The highest BCUT2D eigenvalue weighted by Crippen LogP contribution is 2.35. The molecule has 0 aliphatic carbocycles. The molecule has 0 radical (unpaired) electrons. The summed E-state index contributed by atoms with van der Waals surface area (Å²) in [6.07, 6.45) is 2.24. The molecule has 0 saturated carbocycles. The van der Waals surface area contributed by atoms with Gasteiger partial charge >= 0.3 is 0 Å². The maximum Gasteiger partial charge on any atom is 0.217 e. The standard InChI is InChI=1S/C16H18N4S3/c1-2-12-11-6-9-23-13(11)5-7-19(12)10-20-16(21)17-15(18-20)14-4-3-8-22-14/h3-4,6,8-9,12H,2,5,7,10H2,1H3,(H,17,18,21)/t12-/m1/s1. The van der Waals surface area contributed by atoms with Gasteiger partial charge in [0.15, 0.2) is 5.82 Å². The second kappa shape index (κ2) is 6.32. The van der Waals surface area contributed by atoms with E-state index in [0.717, 1.165) is 36.8 Å². The molecule has 1 aliphatic heterocycles. The maximum atomic E-state index is 5.45. The van der Waals surface area contributed by atoms with Crippen molar-refractivity contribution in [2.45, 2.75) is 32.5 Å². The van der Waals surface area contributed by atoms with Crippen LogP contribution in [0.25, 0.3) is 10.7 Å². The predicted octanol–water partition coefficient (Wildman–Crippen LogP) is 4.70. The average Bonchev–Trinajstić information content (AvgIpc) is 3.27. The molecule has 4 rings (SSSR count). The van der Waals surface area contributed by atoms with Crippen LogP contribution in [0.2, 0.25) is 0 Å². The number of hydrogen-bond donors (Lipinski definition) is 1. The van der Waals surface area contributed by atoms with Crippen LogP contribution in [0.3, 0.4) is 0 Å². The molecule has 0 saturated heterocycles. The molecular formula is C16H18N4S3. The van der Waals surface area contributed by atoms with Crippen LogP contribution < -0.4 is 0 Å². The number of aromatic nitrogens is 3. The Hall–Kier alpha value is -1.28. The van der Waals surface area contributed by atoms with E-state index in [0.29, 0.717) is 10.8 Å². The minimum Gasteiger partial charge on any atom is -0.277 e. The fraction of sp³-hybridized carbons (Fsp3) is 0.375. The number of rotatable bonds is 4. The van der Waals surface area contributed by atoms with Gasteiger partial charge < -0.3 is 0 Å². The number of thiophene rings is 2. The Bertz CT molecular complexity index is 843. The lowest BCUT2D eigenvalue weighted by atomic mass is 9.98. The fourth-order valence-corrected chi connectivity index (χ4v) is 5.04. The number of fused-ring (bicyclic) bond motifs is 1. The van der Waals surface area contributed by atoms with Gasteiger partial charge in [0.1, 0.15) is 0 Å². The third-order valence-electron chi connectivity index (χ3n) is 4.35. The topological polar surface area (TPSA) is 36.9 Å². The molecule has 0 aromatic carbocycles. The van der Waals surface area contributed by atoms with E-state index in [1.54, 1.807) is 16.2 Å². The van der Waals surface area contributed by atoms with Crippen LogP contribution in [-0.2, 0) is 13.1 Å². The minimum atomic E-state index is 0.473. The van der Waals surface area contributed by atoms with Gasteiger partial charge in [-0.05, 0) is 53.5 Å². The smallest absolute Gasteiger partial charge is 0.217 e. The number of nitrogens with one attached hydrogen (secondary N) is 1. The quantitative estimate of drug-likeness (QED) is 0.684. The number of aromatic amines is 1. The van der Waals surface area contributed by atoms with Gasteiger partial charge in [-0.15, -0.1) is 22.7 Å². The first-order valence-corrected chi connectivity index (χ1v) is 9.94. The number of nitrogens with zero attached hydrogens (tertiary/aromatic N) is 3. The van der Waals surface area contributed by atoms with E-state index in [1.807, 2.05) is 22.1 Å². The van der Waals surface area contributed by atoms with Crippen LogP contribution >= 0.6 is 34.9 Å². The molecule has 1 aliphatic rings. The lowest BCUT2D eigenvalue weighted by molar-refractivity contribution is 0.130. The minimum absolute atomic E-state index is 0.473. The molecule has 3 aromatic heterocycles. The highest BCUT2D eigenvalue weighted by atomic mass is 32.1. The van der Waals surface area contributed by atoms with Crippen molar-refractivity contribution in [3.63, 3.8) is 0 Å². The molecule has 4 heterocycles. The lowest BCUT2D eigenvalue weighted by Crippen LogP contribution is -2.36. The van der Waals surface area contributed by atoms with Crippen LogP contribution in [0.5, 0.6) is 0 Å². The summed E-state index contributed by atoms with van der Waals surface area (Å²) in [5.41, 5.74) is 1.49. The van der Waals surface area contributed by atoms with Crippen molar-refractivity contribution < 1.29 is 0 Å². The van der Waals surface area contributed by atoms with Gasteiger partial charge in [0.25, 0.3) is 0 Å². The number of hydrogen-bond acceptors (Lipinski definition) is 5. The lowest BCUT2D eigenvalue weighted by Gasteiger charge is -2.35. The summed E-state index contributed by atoms with van der Waals surface area (Å²) >= 11 is 9.01. The average molecular weight is 363 g/mol. The van der Waals surface area contributed by atoms with Gasteiger partial charge in [-0.2, -0.15) is 4.98 Å². The first kappa shape index (κ1) is 15.3. The van der Waals surface area contributed by atoms with E-state index < -0.39 is 0 Å². The zero-order valence-corrected chi connectivity index (χ0v) is 15.3. The summed E-state index contributed by atoms with van der Waals surface area (Å²) in [6.45, 7) is 4.10. The Morgan fingerprint density at radius 3 is 3.04 bits per heavy atom. The van der Waals surface area contributed by atoms with Crippen molar-refractivity contribution in [1.29, 1.82) is 0 Å². The molecule has 3 aromatic rings. The van der Waals surface area contributed by atoms with Crippen molar-refractivity contribution in [3.8, 4) is 10.7 Å². The molecule has 0 amide bonds. The van der Waals surface area contributed by atoms with E-state index in [1.165, 1.54) is 5.56 Å².